The lowest BCUT2D eigenvalue weighted by Gasteiger charge is -2.57. The van der Waals surface area contributed by atoms with Gasteiger partial charge in [-0.15, -0.1) is 12.4 Å². The van der Waals surface area contributed by atoms with Gasteiger partial charge in [-0.25, -0.2) is 0 Å². The van der Waals surface area contributed by atoms with Crippen LogP contribution in [0.1, 0.15) is 40.5 Å². The molecular weight excluding hydrogens is 468 g/mol. The molecule has 5 heteroatoms. The van der Waals surface area contributed by atoms with Crippen LogP contribution in [-0.4, -0.2) is 34.1 Å². The Labute approximate surface area is 217 Å². The number of nitrogens with one attached hydrogen (secondary N) is 1. The number of nitrogens with zero attached hydrogens (tertiary/aromatic N) is 1. The summed E-state index contributed by atoms with van der Waals surface area (Å²) in [6.07, 6.45) is 7.64. The molecule has 2 aliphatic carbocycles. The minimum absolute atomic E-state index is 0. The van der Waals surface area contributed by atoms with E-state index in [-0.39, 0.29) is 29.7 Å². The fourth-order valence-corrected chi connectivity index (χ4v) is 7.81. The van der Waals surface area contributed by atoms with Crippen molar-refractivity contribution in [3.63, 3.8) is 0 Å². The third kappa shape index (κ3) is 2.80. The molecule has 2 aliphatic heterocycles. The molecule has 36 heavy (non-hydrogen) atoms. The molecule has 0 unspecified atom stereocenters. The van der Waals surface area contributed by atoms with E-state index in [0.717, 1.165) is 38.1 Å². The van der Waals surface area contributed by atoms with Gasteiger partial charge in [-0.2, -0.15) is 0 Å². The van der Waals surface area contributed by atoms with Crippen molar-refractivity contribution in [1.29, 1.82) is 0 Å². The molecule has 1 aromatic heterocycles. The maximum Gasteiger partial charge on any atom is 0.166 e. The molecule has 1 saturated heterocycles. The van der Waals surface area contributed by atoms with E-state index in [4.69, 9.17) is 4.74 Å². The molecule has 182 valence electrons. The second-order valence-corrected chi connectivity index (χ2v) is 10.7. The van der Waals surface area contributed by atoms with Crippen molar-refractivity contribution in [2.24, 2.45) is 5.92 Å². The number of piperidine rings is 1. The van der Waals surface area contributed by atoms with Crippen molar-refractivity contribution >= 4 is 29.4 Å². The summed E-state index contributed by atoms with van der Waals surface area (Å²) in [5, 5.41) is 12.1. The third-order valence-corrected chi connectivity index (χ3v) is 9.21. The summed E-state index contributed by atoms with van der Waals surface area (Å²) in [5.41, 5.74) is 7.66. The molecule has 3 heterocycles. The second kappa shape index (κ2) is 7.89. The lowest BCUT2D eigenvalue weighted by atomic mass is 9.51. The zero-order valence-corrected chi connectivity index (χ0v) is 20.8. The Morgan fingerprint density at radius 2 is 1.86 bits per heavy atom. The number of aromatic nitrogens is 1. The summed E-state index contributed by atoms with van der Waals surface area (Å²) in [5.74, 6) is 1.49. The molecule has 2 bridgehead atoms. The predicted molar refractivity (Wildman–Crippen MR) is 145 cm³/mol. The smallest absolute Gasteiger partial charge is 0.166 e. The summed E-state index contributed by atoms with van der Waals surface area (Å²) in [7, 11) is 0. The number of aromatic hydroxyl groups is 1. The van der Waals surface area contributed by atoms with E-state index in [0.29, 0.717) is 12.0 Å². The molecule has 0 radical (unpaired) electrons. The van der Waals surface area contributed by atoms with Gasteiger partial charge in [0.15, 0.2) is 11.5 Å². The first-order valence-electron chi connectivity index (χ1n) is 12.8. The van der Waals surface area contributed by atoms with Gasteiger partial charge in [-0.05, 0) is 60.5 Å². The van der Waals surface area contributed by atoms with E-state index in [9.17, 15) is 5.11 Å². The molecule has 4 aromatic rings. The van der Waals surface area contributed by atoms with Crippen LogP contribution in [0.5, 0.6) is 11.5 Å². The monoisotopic (exact) mass is 496 g/mol. The first-order chi connectivity index (χ1) is 17.2. The number of rotatable bonds is 3. The Bertz CT molecular complexity index is 1510. The van der Waals surface area contributed by atoms with Gasteiger partial charge in [0.2, 0.25) is 0 Å². The quantitative estimate of drug-likeness (QED) is 0.356. The second-order valence-electron chi connectivity index (χ2n) is 10.7. The molecule has 0 amide bonds. The van der Waals surface area contributed by atoms with Crippen molar-refractivity contribution in [1.82, 2.24) is 9.88 Å². The molecule has 3 aromatic carbocycles. The Kier molecular flexibility index (Phi) is 4.83. The van der Waals surface area contributed by atoms with Crippen LogP contribution in [0.25, 0.3) is 17.0 Å². The van der Waals surface area contributed by atoms with Crippen LogP contribution in [0, 0.1) is 5.92 Å². The number of ether oxygens (including phenoxy) is 1. The Balaban J connectivity index is 0.00000220. The molecule has 8 rings (SSSR count). The van der Waals surface area contributed by atoms with Gasteiger partial charge in [0.1, 0.15) is 6.10 Å². The summed E-state index contributed by atoms with van der Waals surface area (Å²) in [6.45, 7) is 2.00. The number of phenols is 1. The highest BCUT2D eigenvalue weighted by Gasteiger charge is 2.65. The van der Waals surface area contributed by atoms with Crippen LogP contribution in [0.2, 0.25) is 0 Å². The largest absolute Gasteiger partial charge is 0.504 e. The first kappa shape index (κ1) is 22.0. The van der Waals surface area contributed by atoms with Crippen LogP contribution in [-0.2, 0) is 18.3 Å². The number of phenolic OH excluding ortho intramolecular Hbond substituents is 1. The van der Waals surface area contributed by atoms with E-state index >= 15 is 0 Å². The average molecular weight is 497 g/mol. The fourth-order valence-electron chi connectivity index (χ4n) is 7.81. The molecule has 4 aliphatic rings. The Morgan fingerprint density at radius 3 is 2.75 bits per heavy atom. The highest BCUT2D eigenvalue weighted by Crippen LogP contribution is 2.67. The standard InChI is InChI=1S/C31H28N2O2.ClH/c34-26-13-12-20-17-25-23-18-22-21-10-4-5-11-24(21)32-28(22)30-31(23,27(20)29(26)35-30)14-16-33(25)15-6-9-19-7-2-1-3-8-19;/h1-13,23,25,30,32,34H,14-18H2;1H/b9-6+;/t23-,25+,30-,31-;/m0./s1. The van der Waals surface area contributed by atoms with Crippen LogP contribution in [0.4, 0.5) is 0 Å². The van der Waals surface area contributed by atoms with E-state index in [1.54, 1.807) is 0 Å². The van der Waals surface area contributed by atoms with E-state index in [1.807, 2.05) is 6.07 Å². The fraction of sp³-hybridized carbons (Fsp3) is 0.290. The van der Waals surface area contributed by atoms with E-state index in [1.165, 1.54) is 38.9 Å². The number of para-hydroxylation sites is 1. The summed E-state index contributed by atoms with van der Waals surface area (Å²) in [4.78, 5) is 6.43. The highest BCUT2D eigenvalue weighted by atomic mass is 35.5. The number of aromatic amines is 1. The highest BCUT2D eigenvalue weighted by molar-refractivity contribution is 5.86. The molecule has 4 nitrogen and oxygen atoms in total. The number of halogens is 1. The summed E-state index contributed by atoms with van der Waals surface area (Å²) in [6, 6.07) is 23.7. The van der Waals surface area contributed by atoms with Crippen molar-refractivity contribution in [2.45, 2.75) is 36.8 Å². The topological polar surface area (TPSA) is 48.5 Å². The number of benzene rings is 3. The predicted octanol–water partition coefficient (Wildman–Crippen LogP) is 6.18. The summed E-state index contributed by atoms with van der Waals surface area (Å²) < 4.78 is 6.73. The Hall–Kier alpha value is -3.21. The SMILES string of the molecule is Cl.Oc1ccc2c3c1O[C@H]1c4[nH]c5ccccc5c4C[C@H]4[C@@H](C2)N(C/C=C/c2ccccc2)CC[C@]314. The van der Waals surface area contributed by atoms with Crippen LogP contribution in [0.15, 0.2) is 72.8 Å². The number of H-pyrrole nitrogens is 1. The van der Waals surface area contributed by atoms with E-state index in [2.05, 4.69) is 82.7 Å². The normalized spacial score (nSPS) is 27.4. The molecule has 1 spiro atoms. The van der Waals surface area contributed by atoms with Crippen molar-refractivity contribution in [3.8, 4) is 11.5 Å². The number of fused-ring (bicyclic) bond motifs is 4. The molecule has 2 N–H and O–H groups in total. The average Bonchev–Trinajstić information content (AvgIpc) is 3.43. The van der Waals surface area contributed by atoms with Gasteiger partial charge in [0, 0.05) is 34.5 Å². The third-order valence-electron chi connectivity index (χ3n) is 9.21. The van der Waals surface area contributed by atoms with Gasteiger partial charge in [-0.1, -0.05) is 66.7 Å². The van der Waals surface area contributed by atoms with Crippen LogP contribution < -0.4 is 4.74 Å². The van der Waals surface area contributed by atoms with E-state index < -0.39 is 0 Å². The Morgan fingerprint density at radius 1 is 1.03 bits per heavy atom. The zero-order chi connectivity index (χ0) is 23.1. The van der Waals surface area contributed by atoms with Crippen LogP contribution in [0.3, 0.4) is 0 Å². The van der Waals surface area contributed by atoms with Crippen molar-refractivity contribution in [3.05, 3.63) is 101 Å². The lowest BCUT2D eigenvalue weighted by molar-refractivity contribution is -0.0310. The number of hydrogen-bond acceptors (Lipinski definition) is 3. The number of likely N-dealkylation sites (tertiary alicyclic amines) is 1. The first-order valence-corrected chi connectivity index (χ1v) is 12.8. The van der Waals surface area contributed by atoms with Gasteiger partial charge < -0.3 is 14.8 Å². The minimum Gasteiger partial charge on any atom is -0.504 e. The number of hydrogen-bond donors (Lipinski definition) is 2. The molecule has 1 fully saturated rings. The van der Waals surface area contributed by atoms with Crippen molar-refractivity contribution in [2.75, 3.05) is 13.1 Å². The van der Waals surface area contributed by atoms with Gasteiger partial charge in [0.05, 0.1) is 5.69 Å². The summed E-state index contributed by atoms with van der Waals surface area (Å²) >= 11 is 0. The molecule has 0 saturated carbocycles. The van der Waals surface area contributed by atoms with Gasteiger partial charge in [0.25, 0.3) is 0 Å². The molecular formula is C31H29ClN2O2. The minimum atomic E-state index is -0.0696. The van der Waals surface area contributed by atoms with Crippen LogP contribution >= 0.6 is 12.4 Å². The molecule has 4 atom stereocenters. The van der Waals surface area contributed by atoms with Crippen molar-refractivity contribution < 1.29 is 9.84 Å². The van der Waals surface area contributed by atoms with Gasteiger partial charge >= 0.3 is 0 Å². The maximum atomic E-state index is 10.8. The zero-order valence-electron chi connectivity index (χ0n) is 20.0. The maximum absolute atomic E-state index is 10.8. The van der Waals surface area contributed by atoms with Gasteiger partial charge in [-0.3, -0.25) is 4.90 Å². The lowest BCUT2D eigenvalue weighted by Crippen LogP contribution is -2.62.